The number of ether oxygens (including phenoxy) is 2. The average molecular weight is 313 g/mol. The molecule has 0 atom stereocenters. The molecule has 120 valence electrons. The molecule has 0 bridgehead atoms. The van der Waals surface area contributed by atoms with Crippen LogP contribution in [0.25, 0.3) is 0 Å². The smallest absolute Gasteiger partial charge is 0.411 e. The normalized spacial score (nSPS) is 10.0. The Labute approximate surface area is 135 Å². The summed E-state index contributed by atoms with van der Waals surface area (Å²) >= 11 is 0. The highest BCUT2D eigenvalue weighted by Gasteiger charge is 2.12. The molecule has 0 saturated heterocycles. The van der Waals surface area contributed by atoms with Gasteiger partial charge in [-0.25, -0.2) is 4.79 Å². The zero-order valence-electron chi connectivity index (χ0n) is 13.2. The summed E-state index contributed by atoms with van der Waals surface area (Å²) in [5.41, 5.74) is 1.82. The molecule has 2 rings (SSSR count). The van der Waals surface area contributed by atoms with E-state index in [4.69, 9.17) is 9.47 Å². The van der Waals surface area contributed by atoms with Gasteiger partial charge in [-0.05, 0) is 37.6 Å². The second-order valence-electron chi connectivity index (χ2n) is 4.88. The van der Waals surface area contributed by atoms with Crippen LogP contribution in [-0.2, 0) is 11.3 Å². The van der Waals surface area contributed by atoms with Gasteiger partial charge in [0.15, 0.2) is 5.78 Å². The number of ketones is 1. The highest BCUT2D eigenvalue weighted by molar-refractivity contribution is 6.02. The number of nitrogens with one attached hydrogen (secondary N) is 1. The van der Waals surface area contributed by atoms with Crippen LogP contribution >= 0.6 is 0 Å². The fourth-order valence-corrected chi connectivity index (χ4v) is 2.03. The summed E-state index contributed by atoms with van der Waals surface area (Å²) in [6.07, 6.45) is -0.590. The lowest BCUT2D eigenvalue weighted by atomic mass is 10.1. The Morgan fingerprint density at radius 2 is 1.83 bits per heavy atom. The maximum absolute atomic E-state index is 11.8. The van der Waals surface area contributed by atoms with Gasteiger partial charge in [0.25, 0.3) is 0 Å². The van der Waals surface area contributed by atoms with Crippen molar-refractivity contribution in [3.63, 3.8) is 0 Å². The molecule has 0 aliphatic carbocycles. The molecule has 5 nitrogen and oxygen atoms in total. The van der Waals surface area contributed by atoms with Crippen molar-refractivity contribution in [1.82, 2.24) is 0 Å². The third-order valence-corrected chi connectivity index (χ3v) is 3.13. The maximum atomic E-state index is 11.8. The number of carbonyl (C=O) groups is 2. The first kappa shape index (κ1) is 16.5. The van der Waals surface area contributed by atoms with E-state index in [0.717, 1.165) is 5.56 Å². The lowest BCUT2D eigenvalue weighted by Gasteiger charge is -2.12. The molecule has 1 N–H and O–H groups in total. The predicted molar refractivity (Wildman–Crippen MR) is 87.9 cm³/mol. The number of amides is 1. The van der Waals surface area contributed by atoms with Crippen molar-refractivity contribution in [1.29, 1.82) is 0 Å². The molecule has 0 aliphatic heterocycles. The number of hydrogen-bond donors (Lipinski definition) is 1. The van der Waals surface area contributed by atoms with E-state index in [1.807, 2.05) is 30.3 Å². The lowest BCUT2D eigenvalue weighted by molar-refractivity contribution is 0.101. The van der Waals surface area contributed by atoms with E-state index in [2.05, 4.69) is 5.32 Å². The zero-order chi connectivity index (χ0) is 16.7. The summed E-state index contributed by atoms with van der Waals surface area (Å²) < 4.78 is 10.5. The topological polar surface area (TPSA) is 64.6 Å². The average Bonchev–Trinajstić information content (AvgIpc) is 2.55. The zero-order valence-corrected chi connectivity index (χ0v) is 13.2. The van der Waals surface area contributed by atoms with Crippen LogP contribution < -0.4 is 10.1 Å². The first-order chi connectivity index (χ1) is 11.1. The molecule has 2 aromatic rings. The Kier molecular flexibility index (Phi) is 5.74. The molecule has 23 heavy (non-hydrogen) atoms. The minimum atomic E-state index is -0.590. The van der Waals surface area contributed by atoms with E-state index in [1.54, 1.807) is 25.1 Å². The number of benzene rings is 2. The van der Waals surface area contributed by atoms with Gasteiger partial charge in [-0.2, -0.15) is 0 Å². The molecule has 5 heteroatoms. The second kappa shape index (κ2) is 7.98. The fraction of sp³-hybridized carbons (Fsp3) is 0.222. The summed E-state index contributed by atoms with van der Waals surface area (Å²) in [4.78, 5) is 23.3. The summed E-state index contributed by atoms with van der Waals surface area (Å²) in [7, 11) is 0. The Morgan fingerprint density at radius 3 is 2.48 bits per heavy atom. The van der Waals surface area contributed by atoms with E-state index in [-0.39, 0.29) is 12.4 Å². The minimum absolute atomic E-state index is 0.165. The van der Waals surface area contributed by atoms with Crippen molar-refractivity contribution in [2.24, 2.45) is 0 Å². The van der Waals surface area contributed by atoms with Crippen molar-refractivity contribution < 1.29 is 19.1 Å². The van der Waals surface area contributed by atoms with Gasteiger partial charge in [-0.3, -0.25) is 10.1 Å². The van der Waals surface area contributed by atoms with Crippen LogP contribution in [0.15, 0.2) is 48.5 Å². The van der Waals surface area contributed by atoms with E-state index < -0.39 is 6.09 Å². The number of rotatable bonds is 6. The molecule has 0 fully saturated rings. The van der Waals surface area contributed by atoms with Crippen molar-refractivity contribution in [2.75, 3.05) is 11.9 Å². The van der Waals surface area contributed by atoms with E-state index in [9.17, 15) is 9.59 Å². The fourth-order valence-electron chi connectivity index (χ4n) is 2.03. The highest BCUT2D eigenvalue weighted by atomic mass is 16.5. The molecular formula is C18H19NO4. The van der Waals surface area contributed by atoms with Crippen LogP contribution in [0, 0.1) is 0 Å². The van der Waals surface area contributed by atoms with Crippen LogP contribution in [0.3, 0.4) is 0 Å². The second-order valence-corrected chi connectivity index (χ2v) is 4.88. The molecule has 0 aromatic heterocycles. The number of hydrogen-bond acceptors (Lipinski definition) is 4. The number of carbonyl (C=O) groups excluding carboxylic acids is 2. The standard InChI is InChI=1S/C18H19NO4/c1-3-22-18(21)19-17-10-9-15(11-16(17)13(2)20)23-12-14-7-5-4-6-8-14/h4-11H,3,12H2,1-2H3,(H,19,21). The molecule has 0 heterocycles. The third kappa shape index (κ3) is 4.85. The van der Waals surface area contributed by atoms with E-state index in [1.165, 1.54) is 6.92 Å². The summed E-state index contributed by atoms with van der Waals surface area (Å²) in [5, 5.41) is 2.56. The molecule has 0 saturated carbocycles. The number of Topliss-reactive ketones (excluding diaryl/α,β-unsaturated/α-hetero) is 1. The molecule has 1 amide bonds. The van der Waals surface area contributed by atoms with Crippen molar-refractivity contribution in [3.05, 3.63) is 59.7 Å². The Morgan fingerprint density at radius 1 is 1.09 bits per heavy atom. The van der Waals surface area contributed by atoms with Crippen molar-refractivity contribution in [2.45, 2.75) is 20.5 Å². The third-order valence-electron chi connectivity index (χ3n) is 3.13. The van der Waals surface area contributed by atoms with Gasteiger partial charge in [0.2, 0.25) is 0 Å². The van der Waals surface area contributed by atoms with Crippen molar-refractivity contribution >= 4 is 17.6 Å². The van der Waals surface area contributed by atoms with Gasteiger partial charge >= 0.3 is 6.09 Å². The van der Waals surface area contributed by atoms with Crippen LogP contribution in [0.4, 0.5) is 10.5 Å². The summed E-state index contributed by atoms with van der Waals surface area (Å²) in [6, 6.07) is 14.7. The van der Waals surface area contributed by atoms with Gasteiger partial charge in [-0.15, -0.1) is 0 Å². The molecule has 0 spiro atoms. The van der Waals surface area contributed by atoms with Crippen LogP contribution in [-0.4, -0.2) is 18.5 Å². The minimum Gasteiger partial charge on any atom is -0.489 e. The first-order valence-corrected chi connectivity index (χ1v) is 7.35. The SMILES string of the molecule is CCOC(=O)Nc1ccc(OCc2ccccc2)cc1C(C)=O. The van der Waals surface area contributed by atoms with Crippen LogP contribution in [0.2, 0.25) is 0 Å². The van der Waals surface area contributed by atoms with Gasteiger partial charge in [0.05, 0.1) is 12.3 Å². The van der Waals surface area contributed by atoms with Crippen LogP contribution in [0.1, 0.15) is 29.8 Å². The summed E-state index contributed by atoms with van der Waals surface area (Å²) in [5.74, 6) is 0.399. The van der Waals surface area contributed by atoms with Gasteiger partial charge in [0, 0.05) is 5.56 Å². The Bertz CT molecular complexity index is 683. The van der Waals surface area contributed by atoms with Gasteiger partial charge < -0.3 is 9.47 Å². The monoisotopic (exact) mass is 313 g/mol. The van der Waals surface area contributed by atoms with E-state index in [0.29, 0.717) is 23.6 Å². The summed E-state index contributed by atoms with van der Waals surface area (Å²) in [6.45, 7) is 3.82. The largest absolute Gasteiger partial charge is 0.489 e. The molecular weight excluding hydrogens is 294 g/mol. The first-order valence-electron chi connectivity index (χ1n) is 7.35. The quantitative estimate of drug-likeness (QED) is 0.818. The Balaban J connectivity index is 2.12. The highest BCUT2D eigenvalue weighted by Crippen LogP contribution is 2.23. The van der Waals surface area contributed by atoms with E-state index >= 15 is 0 Å². The molecule has 0 unspecified atom stereocenters. The molecule has 0 radical (unpaired) electrons. The lowest BCUT2D eigenvalue weighted by Crippen LogP contribution is -2.15. The Hall–Kier alpha value is -2.82. The molecule has 2 aromatic carbocycles. The predicted octanol–water partition coefficient (Wildman–Crippen LogP) is 4.04. The van der Waals surface area contributed by atoms with Gasteiger partial charge in [0.1, 0.15) is 12.4 Å². The van der Waals surface area contributed by atoms with Crippen LogP contribution in [0.5, 0.6) is 5.75 Å². The maximum Gasteiger partial charge on any atom is 0.411 e. The van der Waals surface area contributed by atoms with Gasteiger partial charge in [-0.1, -0.05) is 30.3 Å². The number of anilines is 1. The molecule has 0 aliphatic rings. The van der Waals surface area contributed by atoms with Crippen molar-refractivity contribution in [3.8, 4) is 5.75 Å².